The maximum atomic E-state index is 15.4. The van der Waals surface area contributed by atoms with E-state index in [0.717, 1.165) is 12.1 Å². The molecule has 0 aliphatic heterocycles. The fraction of sp³-hybridized carbons (Fsp3) is 0. The van der Waals surface area contributed by atoms with Crippen molar-refractivity contribution in [3.8, 4) is 5.82 Å². The van der Waals surface area contributed by atoms with Crippen LogP contribution in [0.2, 0.25) is 10.0 Å². The number of anilines is 3. The van der Waals surface area contributed by atoms with Crippen LogP contribution in [0.15, 0.2) is 66.1 Å². The molecule has 0 atom stereocenters. The highest BCUT2D eigenvalue weighted by molar-refractivity contribution is 7.92. The number of hydrogen-bond acceptors (Lipinski definition) is 8. The lowest BCUT2D eigenvalue weighted by Gasteiger charge is -2.15. The van der Waals surface area contributed by atoms with Crippen LogP contribution in [0.4, 0.5) is 26.0 Å². The smallest absolute Gasteiger partial charge is 0.263 e. The van der Waals surface area contributed by atoms with E-state index < -0.39 is 33.0 Å². The van der Waals surface area contributed by atoms with Gasteiger partial charge in [0.1, 0.15) is 28.2 Å². The summed E-state index contributed by atoms with van der Waals surface area (Å²) in [6.07, 6.45) is 4.21. The molecule has 3 heterocycles. The van der Waals surface area contributed by atoms with Gasteiger partial charge in [-0.2, -0.15) is 0 Å². The molecule has 10 nitrogen and oxygen atoms in total. The summed E-state index contributed by atoms with van der Waals surface area (Å²) in [5.41, 5.74) is -0.643. The standard InChI is InChI=1S/C21H12Cl2F2N8O2S/c22-11-2-1-3-15(17(11)23)36(34,35)31-13-5-4-12(24)19(18(13)25)30-21-20-14(26-10-27-21)6-7-16(29-20)33-9-8-28-32-33/h1-10,31H,(H,26,27,30). The van der Waals surface area contributed by atoms with Crippen molar-refractivity contribution in [2.45, 2.75) is 4.90 Å². The van der Waals surface area contributed by atoms with E-state index in [1.165, 1.54) is 35.4 Å². The van der Waals surface area contributed by atoms with Crippen molar-refractivity contribution in [2.24, 2.45) is 0 Å². The quantitative estimate of drug-likeness (QED) is 0.311. The molecule has 0 aliphatic carbocycles. The molecule has 5 rings (SSSR count). The average Bonchev–Trinajstić information content (AvgIpc) is 3.40. The third-order valence-corrected chi connectivity index (χ3v) is 7.25. The first kappa shape index (κ1) is 23.8. The molecule has 0 fully saturated rings. The van der Waals surface area contributed by atoms with Gasteiger partial charge in [-0.05, 0) is 36.4 Å². The van der Waals surface area contributed by atoms with Crippen LogP contribution in [0.25, 0.3) is 16.9 Å². The Morgan fingerprint density at radius 3 is 2.61 bits per heavy atom. The number of sulfonamides is 1. The minimum Gasteiger partial charge on any atom is -0.333 e. The molecule has 2 N–H and O–H groups in total. The second-order valence-corrected chi connectivity index (χ2v) is 9.61. The van der Waals surface area contributed by atoms with Gasteiger partial charge >= 0.3 is 0 Å². The number of aromatic nitrogens is 6. The number of halogens is 4. The van der Waals surface area contributed by atoms with Gasteiger partial charge in [0.05, 0.1) is 33.6 Å². The van der Waals surface area contributed by atoms with Crippen LogP contribution in [0.5, 0.6) is 0 Å². The summed E-state index contributed by atoms with van der Waals surface area (Å²) in [6.45, 7) is 0. The third kappa shape index (κ3) is 4.39. The zero-order chi connectivity index (χ0) is 25.4. The predicted octanol–water partition coefficient (Wildman–Crippen LogP) is 4.73. The first-order valence-corrected chi connectivity index (χ1v) is 12.2. The molecule has 0 spiro atoms. The lowest BCUT2D eigenvalue weighted by atomic mass is 10.2. The summed E-state index contributed by atoms with van der Waals surface area (Å²) in [5, 5.41) is 9.88. The Kier molecular flexibility index (Phi) is 6.12. The van der Waals surface area contributed by atoms with Crippen LogP contribution in [-0.2, 0) is 10.0 Å². The van der Waals surface area contributed by atoms with Crippen LogP contribution in [0.1, 0.15) is 0 Å². The fourth-order valence-electron chi connectivity index (χ4n) is 3.23. The Balaban J connectivity index is 1.54. The highest BCUT2D eigenvalue weighted by atomic mass is 35.5. The van der Waals surface area contributed by atoms with E-state index >= 15 is 4.39 Å². The summed E-state index contributed by atoms with van der Waals surface area (Å²) >= 11 is 11.9. The lowest BCUT2D eigenvalue weighted by molar-refractivity contribution is 0.588. The van der Waals surface area contributed by atoms with Gasteiger partial charge in [0.15, 0.2) is 17.5 Å². The van der Waals surface area contributed by atoms with Gasteiger partial charge in [-0.25, -0.2) is 36.8 Å². The van der Waals surface area contributed by atoms with Crippen molar-refractivity contribution in [3.63, 3.8) is 0 Å². The predicted molar refractivity (Wildman–Crippen MR) is 129 cm³/mol. The first-order valence-electron chi connectivity index (χ1n) is 9.95. The number of pyridine rings is 1. The second kappa shape index (κ2) is 9.26. The van der Waals surface area contributed by atoms with Crippen molar-refractivity contribution in [1.29, 1.82) is 0 Å². The topological polar surface area (TPSA) is 128 Å². The van der Waals surface area contributed by atoms with Gasteiger partial charge in [0.2, 0.25) is 0 Å². The number of hydrogen-bond donors (Lipinski definition) is 2. The second-order valence-electron chi connectivity index (χ2n) is 7.17. The van der Waals surface area contributed by atoms with Gasteiger partial charge in [0.25, 0.3) is 10.0 Å². The molecule has 0 saturated heterocycles. The Hall–Kier alpha value is -3.94. The molecule has 0 radical (unpaired) electrons. The Labute approximate surface area is 212 Å². The van der Waals surface area contributed by atoms with Crippen LogP contribution < -0.4 is 10.0 Å². The molecule has 0 aliphatic rings. The molecular formula is C21H12Cl2F2N8O2S. The SMILES string of the molecule is O=S(=O)(Nc1ccc(F)c(Nc2ncnc3ccc(-n4ccnn4)nc23)c1F)c1cccc(Cl)c1Cl. The van der Waals surface area contributed by atoms with Crippen molar-refractivity contribution < 1.29 is 17.2 Å². The van der Waals surface area contributed by atoms with Crippen molar-refractivity contribution >= 4 is 61.5 Å². The average molecular weight is 549 g/mol. The maximum Gasteiger partial charge on any atom is 0.263 e. The Bertz CT molecular complexity index is 1720. The maximum absolute atomic E-state index is 15.4. The molecule has 0 amide bonds. The van der Waals surface area contributed by atoms with E-state index in [9.17, 15) is 12.8 Å². The normalized spacial score (nSPS) is 11.6. The van der Waals surface area contributed by atoms with E-state index in [0.29, 0.717) is 11.3 Å². The number of rotatable bonds is 6. The van der Waals surface area contributed by atoms with Gasteiger partial charge < -0.3 is 5.32 Å². The van der Waals surface area contributed by atoms with Gasteiger partial charge in [-0.3, -0.25) is 4.72 Å². The highest BCUT2D eigenvalue weighted by Gasteiger charge is 2.24. The van der Waals surface area contributed by atoms with Crippen LogP contribution in [-0.4, -0.2) is 38.4 Å². The molecule has 0 bridgehead atoms. The summed E-state index contributed by atoms with van der Waals surface area (Å²) in [5.74, 6) is -1.90. The Morgan fingerprint density at radius 2 is 1.83 bits per heavy atom. The van der Waals surface area contributed by atoms with E-state index in [2.05, 4.69) is 35.3 Å². The van der Waals surface area contributed by atoms with E-state index in [-0.39, 0.29) is 26.3 Å². The fourth-order valence-corrected chi connectivity index (χ4v) is 5.06. The van der Waals surface area contributed by atoms with Gasteiger partial charge in [-0.1, -0.05) is 34.5 Å². The minimum atomic E-state index is -4.37. The van der Waals surface area contributed by atoms with Crippen molar-refractivity contribution in [3.05, 3.63) is 82.9 Å². The molecule has 0 unspecified atom stereocenters. The zero-order valence-corrected chi connectivity index (χ0v) is 20.0. The Morgan fingerprint density at radius 1 is 1.00 bits per heavy atom. The largest absolute Gasteiger partial charge is 0.333 e. The molecule has 5 aromatic rings. The van der Waals surface area contributed by atoms with E-state index in [1.807, 2.05) is 0 Å². The molecular weight excluding hydrogens is 537 g/mol. The van der Waals surface area contributed by atoms with Crippen LogP contribution >= 0.6 is 23.2 Å². The zero-order valence-electron chi connectivity index (χ0n) is 17.7. The van der Waals surface area contributed by atoms with Crippen molar-refractivity contribution in [1.82, 2.24) is 29.9 Å². The molecule has 3 aromatic heterocycles. The number of benzene rings is 2. The number of nitrogens with zero attached hydrogens (tertiary/aromatic N) is 6. The lowest BCUT2D eigenvalue weighted by Crippen LogP contribution is -2.15. The summed E-state index contributed by atoms with van der Waals surface area (Å²) in [7, 11) is -4.37. The van der Waals surface area contributed by atoms with Gasteiger partial charge in [0, 0.05) is 0 Å². The van der Waals surface area contributed by atoms with E-state index in [1.54, 1.807) is 18.3 Å². The van der Waals surface area contributed by atoms with E-state index in [4.69, 9.17) is 23.2 Å². The summed E-state index contributed by atoms with van der Waals surface area (Å²) < 4.78 is 59.2. The molecule has 36 heavy (non-hydrogen) atoms. The third-order valence-electron chi connectivity index (χ3n) is 4.91. The number of nitrogens with one attached hydrogen (secondary N) is 2. The van der Waals surface area contributed by atoms with Crippen molar-refractivity contribution in [2.75, 3.05) is 10.0 Å². The molecule has 2 aromatic carbocycles. The van der Waals surface area contributed by atoms with Crippen LogP contribution in [0.3, 0.4) is 0 Å². The minimum absolute atomic E-state index is 0.00474. The summed E-state index contributed by atoms with van der Waals surface area (Å²) in [4.78, 5) is 12.2. The van der Waals surface area contributed by atoms with Gasteiger partial charge in [-0.15, -0.1) is 5.10 Å². The van der Waals surface area contributed by atoms with Crippen LogP contribution in [0, 0.1) is 11.6 Å². The number of fused-ring (bicyclic) bond motifs is 1. The molecule has 15 heteroatoms. The highest BCUT2D eigenvalue weighted by Crippen LogP contribution is 2.34. The first-order chi connectivity index (χ1) is 17.2. The molecule has 0 saturated carbocycles. The molecule has 182 valence electrons. The monoisotopic (exact) mass is 548 g/mol. The summed E-state index contributed by atoms with van der Waals surface area (Å²) in [6, 6.07) is 9.05.